The van der Waals surface area contributed by atoms with Gasteiger partial charge in [0.05, 0.1) is 24.6 Å². The molecule has 0 radical (unpaired) electrons. The molecule has 4 rings (SSSR count). The van der Waals surface area contributed by atoms with Crippen LogP contribution in [0.15, 0.2) is 60.9 Å². The number of rotatable bonds is 7. The van der Waals surface area contributed by atoms with Crippen molar-refractivity contribution in [1.82, 2.24) is 14.6 Å². The molecular formula is C22H23N5O2. The lowest BCUT2D eigenvalue weighted by Crippen LogP contribution is -2.29. The normalized spacial score (nSPS) is 11.0. The Balaban J connectivity index is 1.67. The van der Waals surface area contributed by atoms with E-state index in [0.29, 0.717) is 19.0 Å². The summed E-state index contributed by atoms with van der Waals surface area (Å²) in [5.41, 5.74) is 4.69. The van der Waals surface area contributed by atoms with E-state index in [9.17, 15) is 5.21 Å². The van der Waals surface area contributed by atoms with Crippen molar-refractivity contribution in [2.75, 3.05) is 11.9 Å². The molecule has 0 fully saturated rings. The molecule has 0 aliphatic heterocycles. The number of benzene rings is 1. The summed E-state index contributed by atoms with van der Waals surface area (Å²) in [6.07, 6.45) is 4.23. The number of pyridine rings is 1. The zero-order valence-corrected chi connectivity index (χ0v) is 16.5. The molecule has 29 heavy (non-hydrogen) atoms. The first kappa shape index (κ1) is 18.7. The Labute approximate surface area is 169 Å². The van der Waals surface area contributed by atoms with Gasteiger partial charge in [-0.3, -0.25) is 0 Å². The Morgan fingerprint density at radius 3 is 2.69 bits per heavy atom. The predicted molar refractivity (Wildman–Crippen MR) is 112 cm³/mol. The molecule has 0 saturated carbocycles. The fraction of sp³-hybridized carbons (Fsp3) is 0.227. The number of aromatic nitrogens is 4. The number of hydrogen-bond donors (Lipinski definition) is 1. The average Bonchev–Trinajstić information content (AvgIpc) is 3.17. The first-order valence-corrected chi connectivity index (χ1v) is 9.71. The van der Waals surface area contributed by atoms with E-state index in [1.165, 1.54) is 6.20 Å². The standard InChI is InChI=1S/C22H23N5O2/c1-3-17-14-24-27-20(12-19(25-22(17)27)18-8-6-5-7-9-18)23-13-16-10-11-21(29-4-2)26(28)15-16/h5-12,14-15,23H,3-4,13H2,1-2H3. The molecule has 1 aromatic carbocycles. The number of nitrogens with zero attached hydrogens (tertiary/aromatic N) is 4. The second-order valence-electron chi connectivity index (χ2n) is 6.64. The zero-order chi connectivity index (χ0) is 20.2. The maximum Gasteiger partial charge on any atom is 0.379 e. The van der Waals surface area contributed by atoms with Gasteiger partial charge >= 0.3 is 5.88 Å². The Morgan fingerprint density at radius 1 is 1.14 bits per heavy atom. The Kier molecular flexibility index (Phi) is 5.29. The third-order valence-electron chi connectivity index (χ3n) is 4.70. The van der Waals surface area contributed by atoms with E-state index >= 15 is 0 Å². The van der Waals surface area contributed by atoms with Crippen LogP contribution in [0.3, 0.4) is 0 Å². The molecule has 148 valence electrons. The van der Waals surface area contributed by atoms with Crippen LogP contribution >= 0.6 is 0 Å². The summed E-state index contributed by atoms with van der Waals surface area (Å²) in [6.45, 7) is 4.87. The van der Waals surface area contributed by atoms with Gasteiger partial charge in [-0.1, -0.05) is 37.3 Å². The summed E-state index contributed by atoms with van der Waals surface area (Å²) < 4.78 is 7.86. The molecule has 3 aromatic heterocycles. The van der Waals surface area contributed by atoms with Gasteiger partial charge in [-0.2, -0.15) is 9.61 Å². The number of hydrogen-bond acceptors (Lipinski definition) is 5. The minimum Gasteiger partial charge on any atom is -0.616 e. The molecule has 0 aliphatic rings. The highest BCUT2D eigenvalue weighted by Crippen LogP contribution is 2.24. The third-order valence-corrected chi connectivity index (χ3v) is 4.70. The van der Waals surface area contributed by atoms with Crippen LogP contribution < -0.4 is 14.8 Å². The van der Waals surface area contributed by atoms with Gasteiger partial charge < -0.3 is 15.3 Å². The second-order valence-corrected chi connectivity index (χ2v) is 6.64. The van der Waals surface area contributed by atoms with E-state index in [4.69, 9.17) is 9.72 Å². The molecule has 7 nitrogen and oxygen atoms in total. The number of nitrogens with one attached hydrogen (secondary N) is 1. The summed E-state index contributed by atoms with van der Waals surface area (Å²) in [5, 5.41) is 20.0. The molecule has 0 saturated heterocycles. The van der Waals surface area contributed by atoms with Crippen molar-refractivity contribution in [3.63, 3.8) is 0 Å². The molecule has 0 amide bonds. The fourth-order valence-corrected chi connectivity index (χ4v) is 3.21. The van der Waals surface area contributed by atoms with Gasteiger partial charge in [-0.25, -0.2) is 4.98 Å². The van der Waals surface area contributed by atoms with Gasteiger partial charge in [0.15, 0.2) is 11.8 Å². The quantitative estimate of drug-likeness (QED) is 0.386. The topological polar surface area (TPSA) is 78.4 Å². The highest BCUT2D eigenvalue weighted by atomic mass is 16.5. The van der Waals surface area contributed by atoms with E-state index < -0.39 is 0 Å². The van der Waals surface area contributed by atoms with Crippen LogP contribution in [0.4, 0.5) is 5.82 Å². The van der Waals surface area contributed by atoms with Gasteiger partial charge in [-0.15, -0.1) is 4.73 Å². The largest absolute Gasteiger partial charge is 0.616 e. The number of ether oxygens (including phenoxy) is 1. The van der Waals surface area contributed by atoms with Crippen LogP contribution in [0.2, 0.25) is 0 Å². The van der Waals surface area contributed by atoms with Crippen molar-refractivity contribution in [3.8, 4) is 17.1 Å². The minimum absolute atomic E-state index is 0.300. The molecule has 0 spiro atoms. The van der Waals surface area contributed by atoms with Gasteiger partial charge in [0, 0.05) is 29.3 Å². The molecule has 1 N–H and O–H groups in total. The molecule has 0 unspecified atom stereocenters. The monoisotopic (exact) mass is 389 g/mol. The molecule has 3 heterocycles. The SMILES string of the molecule is CCOc1ccc(CNc2cc(-c3ccccc3)nc3c(CC)cnn23)c[n+]1[O-]. The molecular weight excluding hydrogens is 366 g/mol. The van der Waals surface area contributed by atoms with E-state index in [-0.39, 0.29) is 0 Å². The molecule has 4 aromatic rings. The Hall–Kier alpha value is -3.61. The fourth-order valence-electron chi connectivity index (χ4n) is 3.21. The van der Waals surface area contributed by atoms with E-state index in [1.54, 1.807) is 6.07 Å². The lowest BCUT2D eigenvalue weighted by atomic mass is 10.1. The van der Waals surface area contributed by atoms with Crippen LogP contribution in [0.5, 0.6) is 5.88 Å². The highest BCUT2D eigenvalue weighted by Gasteiger charge is 2.13. The van der Waals surface area contributed by atoms with Gasteiger partial charge in [-0.05, 0) is 19.4 Å². The van der Waals surface area contributed by atoms with Crippen molar-refractivity contribution in [3.05, 3.63) is 77.3 Å². The minimum atomic E-state index is 0.300. The van der Waals surface area contributed by atoms with Crippen LogP contribution in [-0.4, -0.2) is 21.2 Å². The number of fused-ring (bicyclic) bond motifs is 1. The molecule has 0 aliphatic carbocycles. The van der Waals surface area contributed by atoms with Crippen LogP contribution in [-0.2, 0) is 13.0 Å². The van der Waals surface area contributed by atoms with Crippen molar-refractivity contribution >= 4 is 11.5 Å². The molecule has 0 bridgehead atoms. The molecule has 0 atom stereocenters. The van der Waals surface area contributed by atoms with E-state index in [0.717, 1.165) is 45.0 Å². The first-order chi connectivity index (χ1) is 14.2. The van der Waals surface area contributed by atoms with Gasteiger partial charge in [0.1, 0.15) is 5.82 Å². The summed E-state index contributed by atoms with van der Waals surface area (Å²) in [4.78, 5) is 4.83. The Bertz CT molecular complexity index is 1120. The average molecular weight is 389 g/mol. The highest BCUT2D eigenvalue weighted by molar-refractivity contribution is 5.67. The first-order valence-electron chi connectivity index (χ1n) is 9.71. The lowest BCUT2D eigenvalue weighted by molar-refractivity contribution is -0.613. The maximum absolute atomic E-state index is 12.1. The predicted octanol–water partition coefficient (Wildman–Crippen LogP) is 3.60. The van der Waals surface area contributed by atoms with Crippen molar-refractivity contribution in [2.45, 2.75) is 26.8 Å². The lowest BCUT2D eigenvalue weighted by Gasteiger charge is -2.12. The van der Waals surface area contributed by atoms with Crippen molar-refractivity contribution in [1.29, 1.82) is 0 Å². The summed E-state index contributed by atoms with van der Waals surface area (Å²) in [7, 11) is 0. The van der Waals surface area contributed by atoms with E-state index in [1.807, 2.05) is 60.1 Å². The number of anilines is 1. The summed E-state index contributed by atoms with van der Waals surface area (Å²) in [5.74, 6) is 1.12. The van der Waals surface area contributed by atoms with Crippen LogP contribution in [0.25, 0.3) is 16.9 Å². The van der Waals surface area contributed by atoms with Gasteiger partial charge in [0.2, 0.25) is 0 Å². The second kappa shape index (κ2) is 8.18. The van der Waals surface area contributed by atoms with Crippen molar-refractivity contribution in [2.24, 2.45) is 0 Å². The molecule has 7 heteroatoms. The maximum atomic E-state index is 12.1. The number of aryl methyl sites for hydroxylation is 1. The summed E-state index contributed by atoms with van der Waals surface area (Å²) in [6, 6.07) is 15.6. The van der Waals surface area contributed by atoms with Crippen LogP contribution in [0.1, 0.15) is 25.0 Å². The van der Waals surface area contributed by atoms with Crippen molar-refractivity contribution < 1.29 is 9.47 Å². The van der Waals surface area contributed by atoms with Crippen LogP contribution in [0, 0.1) is 5.21 Å². The zero-order valence-electron chi connectivity index (χ0n) is 16.5. The summed E-state index contributed by atoms with van der Waals surface area (Å²) >= 11 is 0. The van der Waals surface area contributed by atoms with E-state index in [2.05, 4.69) is 17.3 Å². The smallest absolute Gasteiger partial charge is 0.379 e. The van der Waals surface area contributed by atoms with Gasteiger partial charge in [0.25, 0.3) is 0 Å². The third kappa shape index (κ3) is 3.85. The Morgan fingerprint density at radius 2 is 1.97 bits per heavy atom.